The number of esters is 1. The van der Waals surface area contributed by atoms with Crippen LogP contribution in [0, 0.1) is 32.1 Å². The summed E-state index contributed by atoms with van der Waals surface area (Å²) in [5.74, 6) is 0.147. The fraction of sp³-hybridized carbons (Fsp3) is 0.304. The molecule has 0 spiro atoms. The molecule has 0 aliphatic heterocycles. The third-order valence-corrected chi connectivity index (χ3v) is 4.44. The van der Waals surface area contributed by atoms with Gasteiger partial charge in [-0.3, -0.25) is 0 Å². The normalized spacial score (nSPS) is 11.3. The van der Waals surface area contributed by atoms with Crippen molar-refractivity contribution in [3.05, 3.63) is 68.7 Å². The number of hydrogen-bond acceptors (Lipinski definition) is 4. The van der Waals surface area contributed by atoms with Gasteiger partial charge >= 0.3 is 5.97 Å². The van der Waals surface area contributed by atoms with Gasteiger partial charge in [-0.15, -0.1) is 0 Å². The molecule has 0 bridgehead atoms. The van der Waals surface area contributed by atoms with E-state index >= 15 is 0 Å². The Hall–Kier alpha value is -2.77. The molecule has 0 aromatic heterocycles. The predicted molar refractivity (Wildman–Crippen MR) is 111 cm³/mol. The molecule has 4 nitrogen and oxygen atoms in total. The van der Waals surface area contributed by atoms with Crippen molar-refractivity contribution in [1.82, 2.24) is 0 Å². The summed E-state index contributed by atoms with van der Waals surface area (Å²) >= 11 is 5.99. The number of benzene rings is 2. The number of hydrogen-bond donors (Lipinski definition) is 0. The van der Waals surface area contributed by atoms with E-state index in [1.54, 1.807) is 26.0 Å². The molecule has 0 atom stereocenters. The summed E-state index contributed by atoms with van der Waals surface area (Å²) in [5, 5.41) is 10.0. The van der Waals surface area contributed by atoms with Crippen LogP contribution in [-0.4, -0.2) is 12.1 Å². The highest BCUT2D eigenvalue weighted by molar-refractivity contribution is 6.30. The number of ether oxygens (including phenoxy) is 2. The molecule has 5 heteroatoms. The number of carbonyl (C=O) groups excluding carboxylic acids is 1. The van der Waals surface area contributed by atoms with Gasteiger partial charge in [-0.2, -0.15) is 5.26 Å². The van der Waals surface area contributed by atoms with Gasteiger partial charge < -0.3 is 9.47 Å². The summed E-state index contributed by atoms with van der Waals surface area (Å²) in [6.45, 7) is 9.72. The number of carbonyl (C=O) groups is 1. The largest absolute Gasteiger partial charge is 0.489 e. The van der Waals surface area contributed by atoms with E-state index < -0.39 is 5.97 Å². The minimum absolute atomic E-state index is 0.0252. The van der Waals surface area contributed by atoms with E-state index in [0.29, 0.717) is 11.6 Å². The highest BCUT2D eigenvalue weighted by Crippen LogP contribution is 2.25. The monoisotopic (exact) mass is 397 g/mol. The minimum atomic E-state index is -0.618. The Morgan fingerprint density at radius 2 is 1.93 bits per heavy atom. The highest BCUT2D eigenvalue weighted by Gasteiger charge is 2.14. The highest BCUT2D eigenvalue weighted by atomic mass is 35.5. The summed E-state index contributed by atoms with van der Waals surface area (Å²) < 4.78 is 11.1. The van der Waals surface area contributed by atoms with Gasteiger partial charge in [-0.05, 0) is 81.1 Å². The molecule has 28 heavy (non-hydrogen) atoms. The van der Waals surface area contributed by atoms with E-state index in [0.717, 1.165) is 33.6 Å². The van der Waals surface area contributed by atoms with E-state index in [1.165, 1.54) is 0 Å². The number of halogens is 1. The Morgan fingerprint density at radius 1 is 1.21 bits per heavy atom. The minimum Gasteiger partial charge on any atom is -0.489 e. The SMILES string of the molecule is Cc1cc(C=C(C#N)C(=O)OC(C)C)c(C)c(COc2ccc(Cl)cc2C)c1. The Balaban J connectivity index is 2.31. The van der Waals surface area contributed by atoms with Gasteiger partial charge in [-0.25, -0.2) is 4.79 Å². The van der Waals surface area contributed by atoms with Crippen LogP contribution in [0.3, 0.4) is 0 Å². The molecule has 2 aromatic carbocycles. The third-order valence-electron chi connectivity index (χ3n) is 4.20. The Bertz CT molecular complexity index is 955. The molecule has 146 valence electrons. The summed E-state index contributed by atoms with van der Waals surface area (Å²) in [6.07, 6.45) is 1.29. The van der Waals surface area contributed by atoms with Crippen LogP contribution in [-0.2, 0) is 16.1 Å². The number of rotatable bonds is 6. The first-order valence-electron chi connectivity index (χ1n) is 9.03. The average Bonchev–Trinajstić information content (AvgIpc) is 2.61. The van der Waals surface area contributed by atoms with Crippen molar-refractivity contribution in [3.63, 3.8) is 0 Å². The summed E-state index contributed by atoms with van der Waals surface area (Å²) in [7, 11) is 0. The molecular formula is C23H24ClNO3. The van der Waals surface area contributed by atoms with Crippen molar-refractivity contribution in [2.75, 3.05) is 0 Å². The van der Waals surface area contributed by atoms with Crippen molar-refractivity contribution in [2.45, 2.75) is 47.3 Å². The first-order chi connectivity index (χ1) is 13.2. The lowest BCUT2D eigenvalue weighted by molar-refractivity contribution is -0.142. The van der Waals surface area contributed by atoms with Crippen molar-refractivity contribution < 1.29 is 14.3 Å². The average molecular weight is 398 g/mol. The molecule has 0 N–H and O–H groups in total. The van der Waals surface area contributed by atoms with E-state index in [1.807, 2.05) is 51.1 Å². The van der Waals surface area contributed by atoms with E-state index in [9.17, 15) is 10.1 Å². The van der Waals surface area contributed by atoms with Crippen molar-refractivity contribution in [3.8, 4) is 11.8 Å². The van der Waals surface area contributed by atoms with Crippen LogP contribution in [0.25, 0.3) is 6.08 Å². The second kappa shape index (κ2) is 9.43. The zero-order valence-electron chi connectivity index (χ0n) is 16.8. The van der Waals surface area contributed by atoms with Gasteiger partial charge in [0, 0.05) is 5.02 Å². The lowest BCUT2D eigenvalue weighted by Crippen LogP contribution is -2.13. The molecular weight excluding hydrogens is 374 g/mol. The smallest absolute Gasteiger partial charge is 0.349 e. The van der Waals surface area contributed by atoms with Crippen molar-refractivity contribution in [1.29, 1.82) is 5.26 Å². The van der Waals surface area contributed by atoms with E-state index in [-0.39, 0.29) is 11.7 Å². The maximum atomic E-state index is 12.1. The first kappa shape index (κ1) is 21.5. The van der Waals surface area contributed by atoms with Gasteiger partial charge in [0.15, 0.2) is 0 Å². The topological polar surface area (TPSA) is 59.3 Å². The van der Waals surface area contributed by atoms with Crippen LogP contribution in [0.5, 0.6) is 5.75 Å². The quantitative estimate of drug-likeness (QED) is 0.356. The number of nitriles is 1. The second-order valence-corrected chi connectivity index (χ2v) is 7.40. The molecule has 0 saturated carbocycles. The lowest BCUT2D eigenvalue weighted by Gasteiger charge is -2.14. The molecule has 0 saturated heterocycles. The van der Waals surface area contributed by atoms with Crippen molar-refractivity contribution in [2.24, 2.45) is 0 Å². The van der Waals surface area contributed by atoms with Gasteiger partial charge in [0.1, 0.15) is 24.0 Å². The van der Waals surface area contributed by atoms with Gasteiger partial charge in [0.05, 0.1) is 6.10 Å². The lowest BCUT2D eigenvalue weighted by atomic mass is 9.98. The maximum absolute atomic E-state index is 12.1. The standard InChI is InChI=1S/C23H24ClNO3/c1-14(2)28-23(26)19(12-25)11-18-8-15(3)9-20(17(18)5)13-27-22-7-6-21(24)10-16(22)4/h6-11,14H,13H2,1-5H3. The fourth-order valence-corrected chi connectivity index (χ4v) is 2.99. The van der Waals surface area contributed by atoms with Gasteiger partial charge in [-0.1, -0.05) is 29.3 Å². The van der Waals surface area contributed by atoms with Gasteiger partial charge in [0.25, 0.3) is 0 Å². The molecule has 0 aliphatic rings. The molecule has 0 radical (unpaired) electrons. The Morgan fingerprint density at radius 3 is 2.54 bits per heavy atom. The molecule has 0 amide bonds. The summed E-state index contributed by atoms with van der Waals surface area (Å²) in [5.41, 5.74) is 4.67. The first-order valence-corrected chi connectivity index (χ1v) is 9.41. The molecule has 2 rings (SSSR count). The molecule has 0 unspecified atom stereocenters. The predicted octanol–water partition coefficient (Wildman–Crippen LogP) is 5.70. The van der Waals surface area contributed by atoms with Crippen LogP contribution in [0.15, 0.2) is 35.9 Å². The van der Waals surface area contributed by atoms with E-state index in [2.05, 4.69) is 0 Å². The van der Waals surface area contributed by atoms with Crippen molar-refractivity contribution >= 4 is 23.6 Å². The Kier molecular flexibility index (Phi) is 7.25. The van der Waals surface area contributed by atoms with Crippen LogP contribution < -0.4 is 4.74 Å². The molecule has 0 fully saturated rings. The fourth-order valence-electron chi connectivity index (χ4n) is 2.76. The third kappa shape index (κ3) is 5.61. The number of nitrogens with zero attached hydrogens (tertiary/aromatic N) is 1. The molecule has 0 aliphatic carbocycles. The second-order valence-electron chi connectivity index (χ2n) is 6.96. The maximum Gasteiger partial charge on any atom is 0.349 e. The van der Waals surface area contributed by atoms with Crippen LogP contribution in [0.2, 0.25) is 5.02 Å². The zero-order valence-corrected chi connectivity index (χ0v) is 17.6. The molecule has 0 heterocycles. The molecule has 2 aromatic rings. The zero-order chi connectivity index (χ0) is 20.8. The summed E-state index contributed by atoms with van der Waals surface area (Å²) in [4.78, 5) is 12.1. The van der Waals surface area contributed by atoms with E-state index in [4.69, 9.17) is 21.1 Å². The number of aryl methyl sites for hydroxylation is 2. The van der Waals surface area contributed by atoms with Crippen LogP contribution in [0.4, 0.5) is 0 Å². The Labute approximate surface area is 171 Å². The van der Waals surface area contributed by atoms with Gasteiger partial charge in [0.2, 0.25) is 0 Å². The van der Waals surface area contributed by atoms with Crippen LogP contribution >= 0.6 is 11.6 Å². The van der Waals surface area contributed by atoms with Crippen LogP contribution in [0.1, 0.15) is 41.7 Å². The summed E-state index contributed by atoms with van der Waals surface area (Å²) in [6, 6.07) is 11.4.